The second-order valence-corrected chi connectivity index (χ2v) is 20.6. The lowest BCUT2D eigenvalue weighted by atomic mass is 9.49. The van der Waals surface area contributed by atoms with Gasteiger partial charge in [0.1, 0.15) is 42.4 Å². The first-order valence-corrected chi connectivity index (χ1v) is 23.5. The van der Waals surface area contributed by atoms with Crippen LogP contribution in [-0.2, 0) is 25.7 Å². The Hall–Kier alpha value is -5.53. The number of hydrogen-bond donors (Lipinski definition) is 4. The molecule has 14 nitrogen and oxygen atoms in total. The molecule has 1 saturated carbocycles. The fourth-order valence-corrected chi connectivity index (χ4v) is 10.2. The predicted molar refractivity (Wildman–Crippen MR) is 253 cm³/mol. The summed E-state index contributed by atoms with van der Waals surface area (Å²) in [4.78, 5) is 60.6. The van der Waals surface area contributed by atoms with Crippen LogP contribution in [0.5, 0.6) is 11.5 Å². The second kappa shape index (κ2) is 21.0. The Morgan fingerprint density at radius 3 is 2.27 bits per heavy atom. The molecule has 1 aromatic heterocycles. The molecule has 3 atom stereocenters. The van der Waals surface area contributed by atoms with Gasteiger partial charge in [-0.3, -0.25) is 19.2 Å². The summed E-state index contributed by atoms with van der Waals surface area (Å²) in [5.74, 6) is -0.306. The zero-order chi connectivity index (χ0) is 48.0. The number of amides is 4. The summed E-state index contributed by atoms with van der Waals surface area (Å²) in [6, 6.07) is 19.8. The number of benzene rings is 3. The highest BCUT2D eigenvalue weighted by Crippen LogP contribution is 2.55. The third-order valence-electron chi connectivity index (χ3n) is 12.4. The zero-order valence-electron chi connectivity index (χ0n) is 38.9. The summed E-state index contributed by atoms with van der Waals surface area (Å²) in [6.07, 6.45) is 0.262. The molecule has 352 valence electrons. The van der Waals surface area contributed by atoms with Gasteiger partial charge in [0.15, 0.2) is 0 Å². The highest BCUT2D eigenvalue weighted by Gasteiger charge is 2.64. The first-order valence-electron chi connectivity index (χ1n) is 22.2. The van der Waals surface area contributed by atoms with Gasteiger partial charge in [-0.1, -0.05) is 84.3 Å². The molecule has 4 N–H and O–H groups in total. The Morgan fingerprint density at radius 2 is 1.65 bits per heavy atom. The molecule has 0 bridgehead atoms. The summed E-state index contributed by atoms with van der Waals surface area (Å²) in [5.41, 5.74) is 4.09. The predicted octanol–water partition coefficient (Wildman–Crippen LogP) is 7.24. The fraction of sp³-hybridized carbons (Fsp3) is 0.480. The maximum atomic E-state index is 14.0. The number of likely N-dealkylation sites (tertiary alicyclic amines) is 1. The van der Waals surface area contributed by atoms with Crippen LogP contribution in [0.1, 0.15) is 94.9 Å². The van der Waals surface area contributed by atoms with Crippen molar-refractivity contribution in [3.8, 4) is 28.0 Å². The van der Waals surface area contributed by atoms with Crippen LogP contribution in [0.2, 0.25) is 5.02 Å². The van der Waals surface area contributed by atoms with E-state index in [1.54, 1.807) is 53.8 Å². The van der Waals surface area contributed by atoms with Crippen molar-refractivity contribution in [2.75, 3.05) is 26.4 Å². The van der Waals surface area contributed by atoms with Crippen molar-refractivity contribution in [3.05, 3.63) is 99.6 Å². The number of nitrogens with zero attached hydrogens (tertiary/aromatic N) is 3. The number of carbonyl (C=O) groups excluding carboxylic acids is 4. The summed E-state index contributed by atoms with van der Waals surface area (Å²) in [6.45, 7) is 16.3. The summed E-state index contributed by atoms with van der Waals surface area (Å²) < 4.78 is 17.9. The van der Waals surface area contributed by atoms with Gasteiger partial charge in [0.25, 0.3) is 5.91 Å². The molecule has 1 aliphatic carbocycles. The number of aliphatic hydroxyl groups excluding tert-OH is 1. The van der Waals surface area contributed by atoms with Crippen LogP contribution in [0.25, 0.3) is 10.4 Å². The van der Waals surface area contributed by atoms with Gasteiger partial charge in [-0.05, 0) is 72.7 Å². The molecule has 1 unspecified atom stereocenters. The quantitative estimate of drug-likeness (QED) is 0.0740. The van der Waals surface area contributed by atoms with Crippen molar-refractivity contribution < 1.29 is 38.5 Å². The lowest BCUT2D eigenvalue weighted by Gasteiger charge is -2.63. The number of hydrogen-bond acceptors (Lipinski definition) is 11. The largest absolute Gasteiger partial charge is 0.494 e. The molecule has 0 spiro atoms. The number of unbranched alkanes of at least 4 members (excludes halogenated alkanes) is 1. The van der Waals surface area contributed by atoms with Gasteiger partial charge < -0.3 is 40.2 Å². The number of nitrogens with one attached hydrogen (secondary N) is 3. The molecule has 2 fully saturated rings. The number of β-amino-alcohol motifs (C(OH)–C–C–N with tert-alkyl or cyclic N) is 1. The molecular formula is C50H61ClN6O8S. The van der Waals surface area contributed by atoms with E-state index in [9.17, 15) is 29.5 Å². The molecule has 1 saturated heterocycles. The highest BCUT2D eigenvalue weighted by molar-refractivity contribution is 7.13. The van der Waals surface area contributed by atoms with Gasteiger partial charge in [0.05, 0.1) is 39.4 Å². The smallest absolute Gasteiger partial charge is 0.251 e. The van der Waals surface area contributed by atoms with E-state index in [4.69, 9.17) is 25.8 Å². The highest BCUT2D eigenvalue weighted by atomic mass is 35.5. The van der Waals surface area contributed by atoms with Crippen molar-refractivity contribution in [2.24, 2.45) is 16.2 Å². The van der Waals surface area contributed by atoms with Crippen LogP contribution in [0, 0.1) is 34.5 Å². The topological polar surface area (TPSA) is 192 Å². The van der Waals surface area contributed by atoms with E-state index in [2.05, 4.69) is 54.7 Å². The zero-order valence-corrected chi connectivity index (χ0v) is 40.5. The van der Waals surface area contributed by atoms with E-state index in [1.165, 1.54) is 4.90 Å². The number of aromatic nitrogens is 1. The van der Waals surface area contributed by atoms with E-state index in [0.717, 1.165) is 21.7 Å². The van der Waals surface area contributed by atoms with Crippen LogP contribution in [0.15, 0.2) is 72.2 Å². The van der Waals surface area contributed by atoms with Crippen LogP contribution >= 0.6 is 22.9 Å². The summed E-state index contributed by atoms with van der Waals surface area (Å²) in [7, 11) is 0. The lowest BCUT2D eigenvalue weighted by Crippen LogP contribution is -2.74. The van der Waals surface area contributed by atoms with Crippen molar-refractivity contribution in [2.45, 2.75) is 112 Å². The molecule has 1 aliphatic heterocycles. The molecule has 6 rings (SSSR count). The maximum absolute atomic E-state index is 14.0. The van der Waals surface area contributed by atoms with Gasteiger partial charge in [-0.25, -0.2) is 4.98 Å². The van der Waals surface area contributed by atoms with Crippen LogP contribution in [0.4, 0.5) is 0 Å². The van der Waals surface area contributed by atoms with Gasteiger partial charge in [-0.15, -0.1) is 11.3 Å². The Morgan fingerprint density at radius 1 is 0.985 bits per heavy atom. The molecule has 3 aromatic carbocycles. The Kier molecular flexibility index (Phi) is 15.9. The van der Waals surface area contributed by atoms with E-state index >= 15 is 0 Å². The third kappa shape index (κ3) is 11.7. The third-order valence-corrected chi connectivity index (χ3v) is 13.7. The average molecular weight is 942 g/mol. The fourth-order valence-electron chi connectivity index (χ4n) is 9.16. The van der Waals surface area contributed by atoms with Gasteiger partial charge >= 0.3 is 0 Å². The molecule has 0 radical (unpaired) electrons. The van der Waals surface area contributed by atoms with Crippen molar-refractivity contribution in [1.29, 1.82) is 5.26 Å². The van der Waals surface area contributed by atoms with E-state index in [-0.39, 0.29) is 50.1 Å². The molecule has 16 heteroatoms. The SMILES string of the molecule is Cc1ncsc1-c1ccc(CNC(=O)[C@@H]2C[C@H](O)CN2C(=O)C(NC(=O)COCCCCOc2ccc(C(=O)NC3C(C)(C)C(Oc4ccc(C#N)c(Cl)c4)C3(C)C)cc2)C(C)(C)C)cc1. The number of nitriles is 1. The molecule has 66 heavy (non-hydrogen) atoms. The van der Waals surface area contributed by atoms with Crippen molar-refractivity contribution >= 4 is 46.6 Å². The van der Waals surface area contributed by atoms with Crippen LogP contribution in [0.3, 0.4) is 0 Å². The van der Waals surface area contributed by atoms with Crippen molar-refractivity contribution in [1.82, 2.24) is 25.8 Å². The maximum Gasteiger partial charge on any atom is 0.251 e. The molecule has 2 aliphatic rings. The number of rotatable bonds is 18. The Bertz CT molecular complexity index is 2390. The van der Waals surface area contributed by atoms with Crippen LogP contribution in [-0.4, -0.2) is 95.3 Å². The van der Waals surface area contributed by atoms with Gasteiger partial charge in [0, 0.05) is 54.6 Å². The minimum atomic E-state index is -0.965. The number of carbonyl (C=O) groups is 4. The minimum Gasteiger partial charge on any atom is -0.494 e. The Balaban J connectivity index is 0.896. The second-order valence-electron chi connectivity index (χ2n) is 19.4. The molecule has 4 aromatic rings. The van der Waals surface area contributed by atoms with Crippen molar-refractivity contribution in [3.63, 3.8) is 0 Å². The normalized spacial score (nSPS) is 20.0. The van der Waals surface area contributed by atoms with Crippen LogP contribution < -0.4 is 25.4 Å². The van der Waals surface area contributed by atoms with E-state index in [0.29, 0.717) is 53.7 Å². The molecule has 2 heterocycles. The number of aliphatic hydroxyl groups is 1. The summed E-state index contributed by atoms with van der Waals surface area (Å²) >= 11 is 7.80. The first kappa shape index (κ1) is 49.9. The average Bonchev–Trinajstić information content (AvgIpc) is 3.89. The Labute approximate surface area is 396 Å². The number of halogens is 1. The van der Waals surface area contributed by atoms with E-state index in [1.807, 2.05) is 57.5 Å². The van der Waals surface area contributed by atoms with E-state index < -0.39 is 46.2 Å². The van der Waals surface area contributed by atoms with Gasteiger partial charge in [-0.2, -0.15) is 5.26 Å². The monoisotopic (exact) mass is 940 g/mol. The first-order chi connectivity index (χ1) is 31.2. The van der Waals surface area contributed by atoms with Gasteiger partial charge in [0.2, 0.25) is 17.7 Å². The number of aryl methyl sites for hydroxylation is 1. The number of ether oxygens (including phenoxy) is 3. The minimum absolute atomic E-state index is 0.0190. The molecular weight excluding hydrogens is 880 g/mol. The lowest BCUT2D eigenvalue weighted by molar-refractivity contribution is -0.164. The summed E-state index contributed by atoms with van der Waals surface area (Å²) in [5, 5.41) is 29.0. The standard InChI is InChI=1S/C50H61ClN6O8S/c1-30-41(66-29-54-30)32-13-11-31(12-14-32)26-53-44(61)39-23-35(58)27-57(39)45(62)42(48(2,3)4)55-40(59)28-63-21-9-10-22-64-36-18-15-33(16-19-36)43(60)56-46-49(5,6)47(50(46,7)8)65-37-20-17-34(25-52)38(51)24-37/h11-20,24,29,35,39,42,46-47,58H,9-10,21-23,26-28H2,1-8H3,(H,53,61)(H,55,59)(H,56,60)/t35-,39-,42?,46?,47?/m0/s1. The number of thiazole rings is 1. The molecule has 4 amide bonds.